The topological polar surface area (TPSA) is 17.1 Å². The average molecular weight is 230 g/mol. The van der Waals surface area contributed by atoms with Crippen molar-refractivity contribution in [3.05, 3.63) is 35.4 Å². The van der Waals surface area contributed by atoms with Gasteiger partial charge in [-0.2, -0.15) is 0 Å². The maximum Gasteiger partial charge on any atom is 0.166 e. The average Bonchev–Trinajstić information content (AvgIpc) is 2.50. The minimum Gasteiger partial charge on any atom is -0.294 e. The third-order valence-electron chi connectivity index (χ3n) is 4.01. The molecule has 0 bridgehead atoms. The van der Waals surface area contributed by atoms with Crippen LogP contribution < -0.4 is 0 Å². The van der Waals surface area contributed by atoms with Crippen molar-refractivity contribution in [2.45, 2.75) is 46.0 Å². The Hall–Kier alpha value is -1.11. The number of fused-ring (bicyclic) bond motifs is 1. The highest BCUT2D eigenvalue weighted by molar-refractivity contribution is 5.99. The number of benzene rings is 1. The zero-order valence-corrected chi connectivity index (χ0v) is 10.9. The number of carbonyl (C=O) groups is 1. The Morgan fingerprint density at radius 2 is 2.12 bits per heavy atom. The molecule has 0 amide bonds. The molecule has 0 N–H and O–H groups in total. The van der Waals surface area contributed by atoms with Gasteiger partial charge >= 0.3 is 0 Å². The molecule has 0 radical (unpaired) electrons. The maximum absolute atomic E-state index is 12.6. The fourth-order valence-electron chi connectivity index (χ4n) is 3.02. The maximum atomic E-state index is 12.6. The van der Waals surface area contributed by atoms with Gasteiger partial charge in [-0.05, 0) is 30.7 Å². The first-order chi connectivity index (χ1) is 8.24. The largest absolute Gasteiger partial charge is 0.294 e. The van der Waals surface area contributed by atoms with Gasteiger partial charge in [-0.3, -0.25) is 4.79 Å². The van der Waals surface area contributed by atoms with Crippen molar-refractivity contribution < 1.29 is 4.79 Å². The smallest absolute Gasteiger partial charge is 0.166 e. The first-order valence-electron chi connectivity index (χ1n) is 6.86. The van der Waals surface area contributed by atoms with Crippen molar-refractivity contribution >= 4 is 5.78 Å². The Balaban J connectivity index is 2.26. The summed E-state index contributed by atoms with van der Waals surface area (Å²) in [7, 11) is 0. The first-order valence-corrected chi connectivity index (χ1v) is 6.86. The van der Waals surface area contributed by atoms with Crippen LogP contribution in [-0.2, 0) is 6.42 Å². The number of rotatable bonds is 3. The Morgan fingerprint density at radius 1 is 1.35 bits per heavy atom. The lowest BCUT2D eigenvalue weighted by Crippen LogP contribution is -2.21. The third-order valence-corrected chi connectivity index (χ3v) is 4.01. The highest BCUT2D eigenvalue weighted by Gasteiger charge is 2.28. The molecule has 0 aliphatic heterocycles. The van der Waals surface area contributed by atoms with Crippen LogP contribution in [0.3, 0.4) is 0 Å². The summed E-state index contributed by atoms with van der Waals surface area (Å²) < 4.78 is 0. The minimum atomic E-state index is 0.249. The van der Waals surface area contributed by atoms with Gasteiger partial charge in [-0.25, -0.2) is 0 Å². The summed E-state index contributed by atoms with van der Waals surface area (Å²) in [5, 5.41) is 0. The van der Waals surface area contributed by atoms with Crippen molar-refractivity contribution in [3.63, 3.8) is 0 Å². The summed E-state index contributed by atoms with van der Waals surface area (Å²) in [4.78, 5) is 12.6. The number of hydrogen-bond acceptors (Lipinski definition) is 1. The lowest BCUT2D eigenvalue weighted by molar-refractivity contribution is 0.0868. The van der Waals surface area contributed by atoms with Crippen LogP contribution in [-0.4, -0.2) is 5.78 Å². The highest BCUT2D eigenvalue weighted by atomic mass is 16.1. The van der Waals surface area contributed by atoms with Gasteiger partial charge in [-0.1, -0.05) is 51.0 Å². The predicted molar refractivity (Wildman–Crippen MR) is 71.3 cm³/mol. The fraction of sp³-hybridized carbons (Fsp3) is 0.562. The molecule has 0 spiro atoms. The quantitative estimate of drug-likeness (QED) is 0.709. The van der Waals surface area contributed by atoms with Gasteiger partial charge in [0, 0.05) is 11.5 Å². The van der Waals surface area contributed by atoms with Crippen LogP contribution in [0.25, 0.3) is 0 Å². The standard InChI is InChI=1S/C16H22O/c1-3-7-12(2)14-11-6-9-13-8-4-5-10-15(13)16(14)17/h4-5,8,10,12,14H,3,6-7,9,11H2,1-2H3. The van der Waals surface area contributed by atoms with Gasteiger partial charge < -0.3 is 0 Å². The van der Waals surface area contributed by atoms with E-state index in [1.807, 2.05) is 18.2 Å². The van der Waals surface area contributed by atoms with Gasteiger partial charge in [0.05, 0.1) is 0 Å². The third kappa shape index (κ3) is 2.59. The number of ketones is 1. The van der Waals surface area contributed by atoms with E-state index >= 15 is 0 Å². The van der Waals surface area contributed by atoms with Crippen molar-refractivity contribution in [3.8, 4) is 0 Å². The van der Waals surface area contributed by atoms with Crippen LogP contribution in [0.2, 0.25) is 0 Å². The molecule has 2 atom stereocenters. The summed E-state index contributed by atoms with van der Waals surface area (Å²) in [6.45, 7) is 4.44. The summed E-state index contributed by atoms with van der Waals surface area (Å²) in [5.41, 5.74) is 2.24. The van der Waals surface area contributed by atoms with Crippen LogP contribution in [0, 0.1) is 11.8 Å². The molecule has 92 valence electrons. The van der Waals surface area contributed by atoms with E-state index in [0.29, 0.717) is 11.7 Å². The van der Waals surface area contributed by atoms with E-state index in [1.54, 1.807) is 0 Å². The molecule has 1 aliphatic rings. The molecule has 1 aromatic carbocycles. The molecule has 1 heteroatoms. The van der Waals surface area contributed by atoms with Gasteiger partial charge in [0.1, 0.15) is 0 Å². The molecule has 0 saturated heterocycles. The van der Waals surface area contributed by atoms with Crippen molar-refractivity contribution in [2.24, 2.45) is 11.8 Å². The normalized spacial score (nSPS) is 21.8. The molecule has 1 aromatic rings. The number of Topliss-reactive ketones (excluding diaryl/α,β-unsaturated/α-hetero) is 1. The molecular weight excluding hydrogens is 208 g/mol. The van der Waals surface area contributed by atoms with Crippen LogP contribution in [0.1, 0.15) is 55.5 Å². The molecular formula is C16H22O. The van der Waals surface area contributed by atoms with Gasteiger partial charge in [-0.15, -0.1) is 0 Å². The van der Waals surface area contributed by atoms with E-state index in [0.717, 1.165) is 24.8 Å². The molecule has 2 rings (SSSR count). The Labute approximate surface area is 104 Å². The van der Waals surface area contributed by atoms with E-state index in [-0.39, 0.29) is 5.92 Å². The second kappa shape index (κ2) is 5.48. The van der Waals surface area contributed by atoms with E-state index in [2.05, 4.69) is 19.9 Å². The molecule has 0 fully saturated rings. The van der Waals surface area contributed by atoms with Gasteiger partial charge in [0.2, 0.25) is 0 Å². The summed E-state index contributed by atoms with van der Waals surface area (Å²) in [6.07, 6.45) is 5.62. The van der Waals surface area contributed by atoms with Crippen molar-refractivity contribution in [2.75, 3.05) is 0 Å². The van der Waals surface area contributed by atoms with E-state index in [4.69, 9.17) is 0 Å². The summed E-state index contributed by atoms with van der Waals surface area (Å²) in [6, 6.07) is 8.15. The zero-order chi connectivity index (χ0) is 12.3. The molecule has 0 aromatic heterocycles. The Kier molecular flexibility index (Phi) is 3.98. The van der Waals surface area contributed by atoms with E-state index < -0.39 is 0 Å². The van der Waals surface area contributed by atoms with Gasteiger partial charge in [0.25, 0.3) is 0 Å². The predicted octanol–water partition coefficient (Wildman–Crippen LogP) is 4.26. The molecule has 0 saturated carbocycles. The van der Waals surface area contributed by atoms with Crippen LogP contribution in [0.5, 0.6) is 0 Å². The first kappa shape index (κ1) is 12.3. The molecule has 1 aliphatic carbocycles. The van der Waals surface area contributed by atoms with Crippen molar-refractivity contribution in [1.82, 2.24) is 0 Å². The lowest BCUT2D eigenvalue weighted by Gasteiger charge is -2.21. The lowest BCUT2D eigenvalue weighted by atomic mass is 9.82. The Bertz CT molecular complexity index is 394. The van der Waals surface area contributed by atoms with Crippen molar-refractivity contribution in [1.29, 1.82) is 0 Å². The molecule has 2 unspecified atom stereocenters. The van der Waals surface area contributed by atoms with E-state index in [1.165, 1.54) is 18.4 Å². The summed E-state index contributed by atoms with van der Waals surface area (Å²) in [5.74, 6) is 1.16. The second-order valence-corrected chi connectivity index (χ2v) is 5.29. The SMILES string of the molecule is CCCC(C)C1CCCc2ccccc2C1=O. The Morgan fingerprint density at radius 3 is 2.88 bits per heavy atom. The van der Waals surface area contributed by atoms with Crippen LogP contribution >= 0.6 is 0 Å². The van der Waals surface area contributed by atoms with Crippen LogP contribution in [0.4, 0.5) is 0 Å². The zero-order valence-electron chi connectivity index (χ0n) is 10.9. The van der Waals surface area contributed by atoms with Crippen LogP contribution in [0.15, 0.2) is 24.3 Å². The number of aryl methyl sites for hydroxylation is 1. The minimum absolute atomic E-state index is 0.249. The van der Waals surface area contributed by atoms with Gasteiger partial charge in [0.15, 0.2) is 5.78 Å². The number of carbonyl (C=O) groups excluding carboxylic acids is 1. The van der Waals surface area contributed by atoms with E-state index in [9.17, 15) is 4.79 Å². The summed E-state index contributed by atoms with van der Waals surface area (Å²) >= 11 is 0. The molecule has 0 heterocycles. The monoisotopic (exact) mass is 230 g/mol. The second-order valence-electron chi connectivity index (χ2n) is 5.29. The fourth-order valence-corrected chi connectivity index (χ4v) is 3.02. The number of hydrogen-bond donors (Lipinski definition) is 0. The highest BCUT2D eigenvalue weighted by Crippen LogP contribution is 2.31. The molecule has 17 heavy (non-hydrogen) atoms. The molecule has 1 nitrogen and oxygen atoms in total.